The summed E-state index contributed by atoms with van der Waals surface area (Å²) < 4.78 is 0. The van der Waals surface area contributed by atoms with Crippen molar-refractivity contribution < 1.29 is 4.79 Å². The predicted octanol–water partition coefficient (Wildman–Crippen LogP) is 2.84. The molecule has 4 nitrogen and oxygen atoms in total. The van der Waals surface area contributed by atoms with E-state index in [-0.39, 0.29) is 5.91 Å². The van der Waals surface area contributed by atoms with Crippen LogP contribution < -0.4 is 0 Å². The van der Waals surface area contributed by atoms with Crippen molar-refractivity contribution >= 4 is 16.8 Å². The lowest BCUT2D eigenvalue weighted by atomic mass is 10.1. The number of aromatic nitrogens is 2. The molecule has 4 heteroatoms. The van der Waals surface area contributed by atoms with Gasteiger partial charge in [0.05, 0.1) is 11.1 Å². The van der Waals surface area contributed by atoms with Gasteiger partial charge in [0, 0.05) is 37.6 Å². The zero-order chi connectivity index (χ0) is 13.9. The van der Waals surface area contributed by atoms with Crippen LogP contribution in [0, 0.1) is 0 Å². The van der Waals surface area contributed by atoms with Gasteiger partial charge < -0.3 is 9.88 Å². The van der Waals surface area contributed by atoms with Crippen molar-refractivity contribution in [3.05, 3.63) is 66.1 Å². The number of amides is 1. The van der Waals surface area contributed by atoms with Gasteiger partial charge >= 0.3 is 0 Å². The average Bonchev–Trinajstić information content (AvgIpc) is 2.96. The second-order valence-corrected chi connectivity index (χ2v) is 4.77. The molecule has 1 aromatic carbocycles. The summed E-state index contributed by atoms with van der Waals surface area (Å²) in [5.74, 6) is 0.00176. The lowest BCUT2D eigenvalue weighted by Crippen LogP contribution is -2.26. The molecule has 0 aliphatic heterocycles. The maximum atomic E-state index is 12.5. The van der Waals surface area contributed by atoms with Crippen LogP contribution in [0.4, 0.5) is 0 Å². The number of rotatable bonds is 3. The van der Waals surface area contributed by atoms with E-state index in [1.54, 1.807) is 24.3 Å². The standard InChI is InChI=1S/C16H15N3O/c1-19(11-12-4-3-8-17-10-12)16(20)14-6-2-5-13-7-9-18-15(13)14/h2-10,18H,11H2,1H3. The minimum Gasteiger partial charge on any atom is -0.361 e. The van der Waals surface area contributed by atoms with Gasteiger partial charge in [0.25, 0.3) is 5.91 Å². The van der Waals surface area contributed by atoms with Crippen LogP contribution in [0.1, 0.15) is 15.9 Å². The Bertz CT molecular complexity index is 734. The van der Waals surface area contributed by atoms with Gasteiger partial charge in [-0.3, -0.25) is 9.78 Å². The zero-order valence-electron chi connectivity index (χ0n) is 11.2. The lowest BCUT2D eigenvalue weighted by molar-refractivity contribution is 0.0787. The summed E-state index contributed by atoms with van der Waals surface area (Å²) in [5.41, 5.74) is 2.59. The summed E-state index contributed by atoms with van der Waals surface area (Å²) in [6.07, 6.45) is 5.35. The molecule has 0 saturated heterocycles. The Balaban J connectivity index is 1.87. The molecule has 3 rings (SSSR count). The maximum Gasteiger partial charge on any atom is 0.256 e. The third-order valence-electron chi connectivity index (χ3n) is 3.31. The highest BCUT2D eigenvalue weighted by Gasteiger charge is 2.15. The number of nitrogens with zero attached hydrogens (tertiary/aromatic N) is 2. The van der Waals surface area contributed by atoms with Gasteiger partial charge in [0.1, 0.15) is 0 Å². The van der Waals surface area contributed by atoms with E-state index in [0.29, 0.717) is 12.1 Å². The van der Waals surface area contributed by atoms with Crippen LogP contribution in [0.25, 0.3) is 10.9 Å². The van der Waals surface area contributed by atoms with Gasteiger partial charge in [-0.05, 0) is 23.8 Å². The van der Waals surface area contributed by atoms with Crippen LogP contribution in [0.15, 0.2) is 55.0 Å². The maximum absolute atomic E-state index is 12.5. The van der Waals surface area contributed by atoms with E-state index in [2.05, 4.69) is 9.97 Å². The van der Waals surface area contributed by atoms with E-state index in [1.165, 1.54) is 0 Å². The molecule has 20 heavy (non-hydrogen) atoms. The summed E-state index contributed by atoms with van der Waals surface area (Å²) in [6.45, 7) is 0.545. The minimum absolute atomic E-state index is 0.00176. The van der Waals surface area contributed by atoms with Gasteiger partial charge in [-0.25, -0.2) is 0 Å². The molecule has 0 aliphatic carbocycles. The number of hydrogen-bond donors (Lipinski definition) is 1. The fourth-order valence-corrected chi connectivity index (χ4v) is 2.31. The molecule has 3 aromatic rings. The lowest BCUT2D eigenvalue weighted by Gasteiger charge is -2.17. The van der Waals surface area contributed by atoms with Crippen LogP contribution in [0.3, 0.4) is 0 Å². The number of carbonyl (C=O) groups excluding carboxylic acids is 1. The molecule has 0 bridgehead atoms. The van der Waals surface area contributed by atoms with E-state index in [1.807, 2.05) is 42.6 Å². The molecule has 0 radical (unpaired) electrons. The molecule has 1 amide bonds. The molecule has 1 N–H and O–H groups in total. The highest BCUT2D eigenvalue weighted by molar-refractivity contribution is 6.05. The molecule has 0 unspecified atom stereocenters. The van der Waals surface area contributed by atoms with E-state index in [4.69, 9.17) is 0 Å². The molecule has 0 atom stereocenters. The fraction of sp³-hybridized carbons (Fsp3) is 0.125. The quantitative estimate of drug-likeness (QED) is 0.791. The van der Waals surface area contributed by atoms with Crippen LogP contribution in [0.2, 0.25) is 0 Å². The first-order valence-corrected chi connectivity index (χ1v) is 6.46. The number of benzene rings is 1. The number of nitrogens with one attached hydrogen (secondary N) is 1. The molecule has 0 spiro atoms. The van der Waals surface area contributed by atoms with E-state index < -0.39 is 0 Å². The van der Waals surface area contributed by atoms with Crippen molar-refractivity contribution in [1.29, 1.82) is 0 Å². The Labute approximate surface area is 117 Å². The number of para-hydroxylation sites is 1. The van der Waals surface area contributed by atoms with Crippen LogP contribution in [0.5, 0.6) is 0 Å². The zero-order valence-corrected chi connectivity index (χ0v) is 11.2. The van der Waals surface area contributed by atoms with Crippen molar-refractivity contribution in [1.82, 2.24) is 14.9 Å². The number of carbonyl (C=O) groups is 1. The first-order chi connectivity index (χ1) is 9.75. The molecule has 0 fully saturated rings. The minimum atomic E-state index is 0.00176. The van der Waals surface area contributed by atoms with Crippen LogP contribution in [-0.4, -0.2) is 27.8 Å². The molecular formula is C16H15N3O. The smallest absolute Gasteiger partial charge is 0.256 e. The molecule has 2 heterocycles. The third kappa shape index (κ3) is 2.28. The van der Waals surface area contributed by atoms with Crippen LogP contribution >= 0.6 is 0 Å². The van der Waals surface area contributed by atoms with Crippen molar-refractivity contribution in [2.45, 2.75) is 6.54 Å². The SMILES string of the molecule is CN(Cc1cccnc1)C(=O)c1cccc2cc[nH]c12. The van der Waals surface area contributed by atoms with Gasteiger partial charge in [-0.15, -0.1) is 0 Å². The third-order valence-corrected chi connectivity index (χ3v) is 3.31. The van der Waals surface area contributed by atoms with Crippen molar-refractivity contribution in [2.24, 2.45) is 0 Å². The highest BCUT2D eigenvalue weighted by atomic mass is 16.2. The van der Waals surface area contributed by atoms with Crippen molar-refractivity contribution in [3.63, 3.8) is 0 Å². The summed E-state index contributed by atoms with van der Waals surface area (Å²) in [4.78, 5) is 21.4. The first-order valence-electron chi connectivity index (χ1n) is 6.46. The summed E-state index contributed by atoms with van der Waals surface area (Å²) in [7, 11) is 1.80. The number of fused-ring (bicyclic) bond motifs is 1. The van der Waals surface area contributed by atoms with E-state index in [0.717, 1.165) is 16.5 Å². The van der Waals surface area contributed by atoms with Gasteiger partial charge in [-0.2, -0.15) is 0 Å². The molecule has 0 saturated carbocycles. The fourth-order valence-electron chi connectivity index (χ4n) is 2.31. The molecular weight excluding hydrogens is 250 g/mol. The Morgan fingerprint density at radius 1 is 1.25 bits per heavy atom. The van der Waals surface area contributed by atoms with Crippen molar-refractivity contribution in [3.8, 4) is 0 Å². The topological polar surface area (TPSA) is 49.0 Å². The van der Waals surface area contributed by atoms with Crippen molar-refractivity contribution in [2.75, 3.05) is 7.05 Å². The number of aromatic amines is 1. The summed E-state index contributed by atoms with van der Waals surface area (Å²) >= 11 is 0. The second kappa shape index (κ2) is 5.17. The first kappa shape index (κ1) is 12.4. The summed E-state index contributed by atoms with van der Waals surface area (Å²) in [6, 6.07) is 11.5. The van der Waals surface area contributed by atoms with E-state index in [9.17, 15) is 4.79 Å². The number of pyridine rings is 1. The predicted molar refractivity (Wildman–Crippen MR) is 78.3 cm³/mol. The van der Waals surface area contributed by atoms with Gasteiger partial charge in [0.2, 0.25) is 0 Å². The molecule has 2 aromatic heterocycles. The Morgan fingerprint density at radius 3 is 2.95 bits per heavy atom. The number of hydrogen-bond acceptors (Lipinski definition) is 2. The summed E-state index contributed by atoms with van der Waals surface area (Å²) in [5, 5.41) is 1.05. The Morgan fingerprint density at radius 2 is 2.15 bits per heavy atom. The average molecular weight is 265 g/mol. The Kier molecular flexibility index (Phi) is 3.21. The molecule has 100 valence electrons. The largest absolute Gasteiger partial charge is 0.361 e. The number of H-pyrrole nitrogens is 1. The Hall–Kier alpha value is -2.62. The van der Waals surface area contributed by atoms with E-state index >= 15 is 0 Å². The normalized spacial score (nSPS) is 10.7. The van der Waals surface area contributed by atoms with Gasteiger partial charge in [0.15, 0.2) is 0 Å². The monoisotopic (exact) mass is 265 g/mol. The second-order valence-electron chi connectivity index (χ2n) is 4.77. The highest BCUT2D eigenvalue weighted by Crippen LogP contribution is 2.18. The van der Waals surface area contributed by atoms with Gasteiger partial charge in [-0.1, -0.05) is 18.2 Å². The van der Waals surface area contributed by atoms with Crippen LogP contribution in [-0.2, 0) is 6.54 Å². The molecule has 0 aliphatic rings.